The molecular weight excluding hydrogens is 234 g/mol. The maximum absolute atomic E-state index is 11.0. The van der Waals surface area contributed by atoms with Crippen LogP contribution in [-0.2, 0) is 4.84 Å². The van der Waals surface area contributed by atoms with Crippen LogP contribution in [0.4, 0.5) is 10.5 Å². The molecule has 0 aliphatic carbocycles. The Morgan fingerprint density at radius 3 is 3.11 bits per heavy atom. The van der Waals surface area contributed by atoms with Gasteiger partial charge in [-0.05, 0) is 6.07 Å². The number of nitrogens with one attached hydrogen (secondary N) is 1. The van der Waals surface area contributed by atoms with Gasteiger partial charge in [0.05, 0.1) is 12.2 Å². The molecule has 0 spiro atoms. The Morgan fingerprint density at radius 1 is 1.61 bits per heavy atom. The number of benzene rings is 1. The summed E-state index contributed by atoms with van der Waals surface area (Å²) in [7, 11) is 0. The van der Waals surface area contributed by atoms with E-state index in [0.717, 1.165) is 10.6 Å². The van der Waals surface area contributed by atoms with Crippen LogP contribution in [0.2, 0.25) is 0 Å². The summed E-state index contributed by atoms with van der Waals surface area (Å²) in [6.07, 6.45) is 0.507. The highest BCUT2D eigenvalue weighted by molar-refractivity contribution is 6.08. The maximum atomic E-state index is 11.0. The lowest BCUT2D eigenvalue weighted by Gasteiger charge is -2.28. The predicted octanol–water partition coefficient (Wildman–Crippen LogP) is 1.91. The van der Waals surface area contributed by atoms with Gasteiger partial charge in [0.15, 0.2) is 0 Å². The average molecular weight is 247 g/mol. The highest BCUT2D eigenvalue weighted by Crippen LogP contribution is 2.21. The number of hydrazine groups is 1. The van der Waals surface area contributed by atoms with Crippen LogP contribution < -0.4 is 5.43 Å². The normalized spacial score (nSPS) is 15.8. The summed E-state index contributed by atoms with van der Waals surface area (Å²) in [5, 5.41) is 14.0. The number of hydrogen-bond donors (Lipinski definition) is 2. The average Bonchev–Trinajstić information content (AvgIpc) is 2.38. The van der Waals surface area contributed by atoms with E-state index in [1.807, 2.05) is 18.2 Å². The highest BCUT2D eigenvalue weighted by atomic mass is 16.6. The summed E-state index contributed by atoms with van der Waals surface area (Å²) in [5.74, 6) is 0. The summed E-state index contributed by atoms with van der Waals surface area (Å²) in [5.41, 5.74) is 4.88. The standard InChI is InChI=1S/C12H13N3O3/c1-2-7-18-14-11-8-15(12(16)17)13-10-6-4-3-5-9(10)11/h2-6,13H,1,7-8H2,(H,16,17). The molecule has 1 aliphatic heterocycles. The molecule has 0 aromatic heterocycles. The number of carboxylic acid groups (broad SMARTS) is 1. The van der Waals surface area contributed by atoms with Crippen molar-refractivity contribution in [1.29, 1.82) is 0 Å². The summed E-state index contributed by atoms with van der Waals surface area (Å²) >= 11 is 0. The van der Waals surface area contributed by atoms with Gasteiger partial charge in [-0.25, -0.2) is 9.80 Å². The Balaban J connectivity index is 2.30. The van der Waals surface area contributed by atoms with Gasteiger partial charge in [0.25, 0.3) is 0 Å². The third-order valence-electron chi connectivity index (χ3n) is 2.40. The van der Waals surface area contributed by atoms with Gasteiger partial charge in [-0.15, -0.1) is 0 Å². The van der Waals surface area contributed by atoms with Crippen LogP contribution in [0.1, 0.15) is 5.56 Å². The molecule has 0 radical (unpaired) electrons. The Bertz CT molecular complexity index is 499. The summed E-state index contributed by atoms with van der Waals surface area (Å²) in [6, 6.07) is 7.32. The van der Waals surface area contributed by atoms with Crippen LogP contribution in [0.5, 0.6) is 0 Å². The minimum absolute atomic E-state index is 0.128. The first-order valence-electron chi connectivity index (χ1n) is 5.38. The van der Waals surface area contributed by atoms with E-state index in [2.05, 4.69) is 17.2 Å². The fraction of sp³-hybridized carbons (Fsp3) is 0.167. The van der Waals surface area contributed by atoms with Crippen molar-refractivity contribution in [2.45, 2.75) is 0 Å². The second kappa shape index (κ2) is 5.22. The molecule has 6 nitrogen and oxygen atoms in total. The molecule has 1 aromatic rings. The first-order chi connectivity index (χ1) is 8.72. The van der Waals surface area contributed by atoms with Gasteiger partial charge in [-0.3, -0.25) is 5.43 Å². The molecule has 0 unspecified atom stereocenters. The second-order valence-corrected chi connectivity index (χ2v) is 3.65. The molecular formula is C12H13N3O3. The smallest absolute Gasteiger partial charge is 0.426 e. The molecule has 94 valence electrons. The fourth-order valence-electron chi connectivity index (χ4n) is 1.61. The first kappa shape index (κ1) is 12.0. The van der Waals surface area contributed by atoms with E-state index in [0.29, 0.717) is 11.4 Å². The molecule has 1 heterocycles. The number of nitrogens with zero attached hydrogens (tertiary/aromatic N) is 2. The van der Waals surface area contributed by atoms with E-state index < -0.39 is 6.09 Å². The van der Waals surface area contributed by atoms with Crippen molar-refractivity contribution in [2.75, 3.05) is 18.6 Å². The fourth-order valence-corrected chi connectivity index (χ4v) is 1.61. The van der Waals surface area contributed by atoms with Gasteiger partial charge in [0.2, 0.25) is 0 Å². The molecule has 0 atom stereocenters. The summed E-state index contributed by atoms with van der Waals surface area (Å²) < 4.78 is 0. The number of fused-ring (bicyclic) bond motifs is 1. The van der Waals surface area contributed by atoms with Crippen molar-refractivity contribution in [2.24, 2.45) is 5.16 Å². The number of anilines is 1. The lowest BCUT2D eigenvalue weighted by Crippen LogP contribution is -2.43. The molecule has 0 bridgehead atoms. The minimum Gasteiger partial charge on any atom is -0.464 e. The molecule has 1 aromatic carbocycles. The van der Waals surface area contributed by atoms with Crippen LogP contribution in [0.3, 0.4) is 0 Å². The number of rotatable bonds is 3. The van der Waals surface area contributed by atoms with E-state index >= 15 is 0 Å². The quantitative estimate of drug-likeness (QED) is 0.486. The van der Waals surface area contributed by atoms with E-state index in [-0.39, 0.29) is 13.2 Å². The third-order valence-corrected chi connectivity index (χ3v) is 2.40. The molecule has 1 amide bonds. The lowest BCUT2D eigenvalue weighted by atomic mass is 10.1. The molecule has 0 fully saturated rings. The first-order valence-corrected chi connectivity index (χ1v) is 5.38. The zero-order valence-electron chi connectivity index (χ0n) is 9.67. The van der Waals surface area contributed by atoms with Gasteiger partial charge in [0, 0.05) is 5.56 Å². The molecule has 2 rings (SSSR count). The number of carbonyl (C=O) groups is 1. The van der Waals surface area contributed by atoms with Crippen molar-refractivity contribution >= 4 is 17.5 Å². The number of para-hydroxylation sites is 1. The van der Waals surface area contributed by atoms with Crippen molar-refractivity contribution in [3.05, 3.63) is 42.5 Å². The van der Waals surface area contributed by atoms with Crippen molar-refractivity contribution in [1.82, 2.24) is 5.01 Å². The van der Waals surface area contributed by atoms with Crippen LogP contribution >= 0.6 is 0 Å². The number of amides is 1. The van der Waals surface area contributed by atoms with Crippen molar-refractivity contribution in [3.8, 4) is 0 Å². The molecule has 1 aliphatic rings. The van der Waals surface area contributed by atoms with Gasteiger partial charge in [-0.2, -0.15) is 0 Å². The Kier molecular flexibility index (Phi) is 3.47. The molecule has 6 heteroatoms. The Labute approximate surface area is 104 Å². The minimum atomic E-state index is -1.07. The van der Waals surface area contributed by atoms with Gasteiger partial charge < -0.3 is 9.94 Å². The van der Waals surface area contributed by atoms with Gasteiger partial charge in [-0.1, -0.05) is 36.0 Å². The van der Waals surface area contributed by atoms with Crippen LogP contribution in [0, 0.1) is 0 Å². The van der Waals surface area contributed by atoms with E-state index in [9.17, 15) is 4.79 Å². The summed E-state index contributed by atoms with van der Waals surface area (Å²) in [4.78, 5) is 16.0. The maximum Gasteiger partial charge on any atom is 0.426 e. The van der Waals surface area contributed by atoms with Crippen LogP contribution in [0.25, 0.3) is 0 Å². The van der Waals surface area contributed by atoms with Crippen LogP contribution in [0.15, 0.2) is 42.1 Å². The van der Waals surface area contributed by atoms with Crippen molar-refractivity contribution in [3.63, 3.8) is 0 Å². The zero-order valence-corrected chi connectivity index (χ0v) is 9.67. The molecule has 18 heavy (non-hydrogen) atoms. The number of hydrogen-bond acceptors (Lipinski definition) is 4. The van der Waals surface area contributed by atoms with Crippen molar-refractivity contribution < 1.29 is 14.7 Å². The molecule has 0 saturated carbocycles. The largest absolute Gasteiger partial charge is 0.464 e. The van der Waals surface area contributed by atoms with Gasteiger partial charge in [0.1, 0.15) is 12.3 Å². The second-order valence-electron chi connectivity index (χ2n) is 3.65. The van der Waals surface area contributed by atoms with Crippen LogP contribution in [-0.4, -0.2) is 35.1 Å². The monoisotopic (exact) mass is 247 g/mol. The SMILES string of the molecule is C=CCON=C1CN(C(=O)O)Nc2ccccc21. The van der Waals surface area contributed by atoms with E-state index in [1.165, 1.54) is 0 Å². The Morgan fingerprint density at radius 2 is 2.39 bits per heavy atom. The van der Waals surface area contributed by atoms with Gasteiger partial charge >= 0.3 is 6.09 Å². The predicted molar refractivity (Wildman–Crippen MR) is 67.5 cm³/mol. The van der Waals surface area contributed by atoms with E-state index in [1.54, 1.807) is 12.1 Å². The summed E-state index contributed by atoms with van der Waals surface area (Å²) in [6.45, 7) is 3.93. The lowest BCUT2D eigenvalue weighted by molar-refractivity contribution is 0.157. The highest BCUT2D eigenvalue weighted by Gasteiger charge is 2.24. The third kappa shape index (κ3) is 2.42. The molecule has 0 saturated heterocycles. The topological polar surface area (TPSA) is 74.2 Å². The number of oxime groups is 1. The van der Waals surface area contributed by atoms with E-state index in [4.69, 9.17) is 9.94 Å². The Hall–Kier alpha value is -2.50. The molecule has 2 N–H and O–H groups in total. The zero-order chi connectivity index (χ0) is 13.0.